The standard InChI is InChI=1S/C16H29NO2/c1-3-19-15(18)16(11-10-13(2)12-16)17-14-8-6-4-5-7-9-14/h13-14,17H,3-12H2,1-2H3. The van der Waals surface area contributed by atoms with Gasteiger partial charge in [-0.15, -0.1) is 0 Å². The van der Waals surface area contributed by atoms with Gasteiger partial charge >= 0.3 is 5.97 Å². The zero-order chi connectivity index (χ0) is 13.7. The predicted octanol–water partition coefficient (Wildman–Crippen LogP) is 3.42. The van der Waals surface area contributed by atoms with Gasteiger partial charge in [0.15, 0.2) is 0 Å². The highest BCUT2D eigenvalue weighted by Crippen LogP contribution is 2.36. The number of ether oxygens (including phenoxy) is 1. The summed E-state index contributed by atoms with van der Waals surface area (Å²) in [6, 6.07) is 0.511. The first-order valence-corrected chi connectivity index (χ1v) is 8.11. The Bertz CT molecular complexity index is 297. The van der Waals surface area contributed by atoms with Crippen LogP contribution in [0.15, 0.2) is 0 Å². The molecule has 1 N–H and O–H groups in total. The lowest BCUT2D eigenvalue weighted by Crippen LogP contribution is -2.55. The lowest BCUT2D eigenvalue weighted by molar-refractivity contribution is -0.151. The van der Waals surface area contributed by atoms with Crippen LogP contribution in [0.1, 0.15) is 71.6 Å². The molecule has 2 atom stereocenters. The van der Waals surface area contributed by atoms with Gasteiger partial charge in [0, 0.05) is 6.04 Å². The van der Waals surface area contributed by atoms with Gasteiger partial charge in [0.25, 0.3) is 0 Å². The van der Waals surface area contributed by atoms with Crippen LogP contribution in [0.3, 0.4) is 0 Å². The van der Waals surface area contributed by atoms with E-state index in [0.717, 1.165) is 19.3 Å². The zero-order valence-corrected chi connectivity index (χ0v) is 12.5. The fraction of sp³-hybridized carbons (Fsp3) is 0.938. The minimum Gasteiger partial charge on any atom is -0.465 e. The smallest absolute Gasteiger partial charge is 0.326 e. The summed E-state index contributed by atoms with van der Waals surface area (Å²) in [6.45, 7) is 4.63. The summed E-state index contributed by atoms with van der Waals surface area (Å²) in [4.78, 5) is 12.4. The second-order valence-corrected chi connectivity index (χ2v) is 6.48. The first kappa shape index (κ1) is 14.8. The Kier molecular flexibility index (Phi) is 5.26. The molecule has 2 fully saturated rings. The molecule has 110 valence electrons. The Morgan fingerprint density at radius 2 is 1.89 bits per heavy atom. The van der Waals surface area contributed by atoms with Crippen molar-refractivity contribution in [1.29, 1.82) is 0 Å². The molecule has 3 heteroatoms. The number of carbonyl (C=O) groups is 1. The average molecular weight is 267 g/mol. The fourth-order valence-corrected chi connectivity index (χ4v) is 3.75. The highest BCUT2D eigenvalue weighted by molar-refractivity contribution is 5.81. The minimum atomic E-state index is -0.384. The molecule has 19 heavy (non-hydrogen) atoms. The predicted molar refractivity (Wildman–Crippen MR) is 77.0 cm³/mol. The van der Waals surface area contributed by atoms with Gasteiger partial charge in [-0.3, -0.25) is 10.1 Å². The van der Waals surface area contributed by atoms with Gasteiger partial charge in [-0.05, 0) is 44.9 Å². The first-order valence-electron chi connectivity index (χ1n) is 8.11. The van der Waals surface area contributed by atoms with Crippen molar-refractivity contribution in [2.45, 2.75) is 83.2 Å². The molecule has 0 spiro atoms. The van der Waals surface area contributed by atoms with Crippen molar-refractivity contribution >= 4 is 5.97 Å². The molecule has 0 aromatic rings. The molecule has 0 bridgehead atoms. The Labute approximate surface area is 117 Å². The highest BCUT2D eigenvalue weighted by atomic mass is 16.5. The van der Waals surface area contributed by atoms with E-state index in [1.54, 1.807) is 0 Å². The molecule has 2 rings (SSSR count). The number of esters is 1. The van der Waals surface area contributed by atoms with Crippen LogP contribution in [0.5, 0.6) is 0 Å². The lowest BCUT2D eigenvalue weighted by atomic mass is 9.93. The van der Waals surface area contributed by atoms with Gasteiger partial charge in [0.1, 0.15) is 5.54 Å². The van der Waals surface area contributed by atoms with Gasteiger partial charge in [-0.1, -0.05) is 32.6 Å². The number of hydrogen-bond acceptors (Lipinski definition) is 3. The molecule has 0 aromatic heterocycles. The summed E-state index contributed by atoms with van der Waals surface area (Å²) in [6.07, 6.45) is 10.8. The minimum absolute atomic E-state index is 0.0106. The molecule has 0 aromatic carbocycles. The number of rotatable bonds is 4. The molecule has 2 aliphatic carbocycles. The van der Waals surface area contributed by atoms with E-state index in [1.807, 2.05) is 6.92 Å². The molecule has 0 aliphatic heterocycles. The second-order valence-electron chi connectivity index (χ2n) is 6.48. The van der Waals surface area contributed by atoms with Crippen molar-refractivity contribution in [3.05, 3.63) is 0 Å². The van der Waals surface area contributed by atoms with Gasteiger partial charge in [-0.25, -0.2) is 0 Å². The van der Waals surface area contributed by atoms with Crippen molar-refractivity contribution < 1.29 is 9.53 Å². The van der Waals surface area contributed by atoms with Crippen LogP contribution in [0.2, 0.25) is 0 Å². The summed E-state index contributed by atoms with van der Waals surface area (Å²) in [7, 11) is 0. The molecule has 0 heterocycles. The monoisotopic (exact) mass is 267 g/mol. The van der Waals surface area contributed by atoms with Crippen molar-refractivity contribution in [2.75, 3.05) is 6.61 Å². The fourth-order valence-electron chi connectivity index (χ4n) is 3.75. The van der Waals surface area contributed by atoms with Crippen molar-refractivity contribution in [2.24, 2.45) is 5.92 Å². The van der Waals surface area contributed by atoms with Crippen molar-refractivity contribution in [1.82, 2.24) is 5.32 Å². The van der Waals surface area contributed by atoms with Crippen LogP contribution < -0.4 is 5.32 Å². The van der Waals surface area contributed by atoms with Crippen LogP contribution in [-0.4, -0.2) is 24.2 Å². The molecule has 2 unspecified atom stereocenters. The van der Waals surface area contributed by atoms with Gasteiger partial charge in [0.05, 0.1) is 6.61 Å². The third kappa shape index (κ3) is 3.71. The molecule has 3 nitrogen and oxygen atoms in total. The van der Waals surface area contributed by atoms with Crippen LogP contribution >= 0.6 is 0 Å². The largest absolute Gasteiger partial charge is 0.465 e. The van der Waals surface area contributed by atoms with Gasteiger partial charge in [-0.2, -0.15) is 0 Å². The molecule has 2 aliphatic rings. The van der Waals surface area contributed by atoms with Crippen molar-refractivity contribution in [3.63, 3.8) is 0 Å². The molecule has 0 radical (unpaired) electrons. The number of nitrogens with one attached hydrogen (secondary N) is 1. The number of hydrogen-bond donors (Lipinski definition) is 1. The summed E-state index contributed by atoms with van der Waals surface area (Å²) in [5.41, 5.74) is -0.384. The SMILES string of the molecule is CCOC(=O)C1(NC2CCCCCC2)CCC(C)C1. The zero-order valence-electron chi connectivity index (χ0n) is 12.5. The molecular weight excluding hydrogens is 238 g/mol. The quantitative estimate of drug-likeness (QED) is 0.626. The summed E-state index contributed by atoms with van der Waals surface area (Å²) in [5, 5.41) is 3.71. The average Bonchev–Trinajstić information content (AvgIpc) is 2.61. The molecule has 0 saturated heterocycles. The first-order chi connectivity index (χ1) is 9.16. The van der Waals surface area contributed by atoms with E-state index in [4.69, 9.17) is 4.74 Å². The molecule has 2 saturated carbocycles. The number of carbonyl (C=O) groups excluding carboxylic acids is 1. The van der Waals surface area contributed by atoms with E-state index >= 15 is 0 Å². The maximum Gasteiger partial charge on any atom is 0.326 e. The van der Waals surface area contributed by atoms with Gasteiger partial charge in [0.2, 0.25) is 0 Å². The lowest BCUT2D eigenvalue weighted by Gasteiger charge is -2.33. The van der Waals surface area contributed by atoms with E-state index in [9.17, 15) is 4.79 Å². The normalized spacial score (nSPS) is 33.1. The van der Waals surface area contributed by atoms with E-state index in [1.165, 1.54) is 38.5 Å². The van der Waals surface area contributed by atoms with E-state index in [2.05, 4.69) is 12.2 Å². The Morgan fingerprint density at radius 1 is 1.21 bits per heavy atom. The van der Waals surface area contributed by atoms with Crippen LogP contribution in [-0.2, 0) is 9.53 Å². The van der Waals surface area contributed by atoms with E-state index in [0.29, 0.717) is 18.6 Å². The maximum atomic E-state index is 12.4. The third-order valence-corrected chi connectivity index (χ3v) is 4.76. The molecular formula is C16H29NO2. The summed E-state index contributed by atoms with van der Waals surface area (Å²) >= 11 is 0. The van der Waals surface area contributed by atoms with E-state index < -0.39 is 0 Å². The Balaban J connectivity index is 2.02. The second kappa shape index (κ2) is 6.74. The van der Waals surface area contributed by atoms with Crippen LogP contribution in [0.25, 0.3) is 0 Å². The summed E-state index contributed by atoms with van der Waals surface area (Å²) in [5.74, 6) is 0.617. The van der Waals surface area contributed by atoms with Crippen molar-refractivity contribution in [3.8, 4) is 0 Å². The maximum absolute atomic E-state index is 12.4. The Morgan fingerprint density at radius 3 is 2.42 bits per heavy atom. The molecule has 0 amide bonds. The third-order valence-electron chi connectivity index (χ3n) is 4.76. The topological polar surface area (TPSA) is 38.3 Å². The van der Waals surface area contributed by atoms with Gasteiger partial charge < -0.3 is 4.74 Å². The summed E-state index contributed by atoms with van der Waals surface area (Å²) < 4.78 is 5.35. The highest BCUT2D eigenvalue weighted by Gasteiger charge is 2.46. The van der Waals surface area contributed by atoms with Crippen LogP contribution in [0.4, 0.5) is 0 Å². The van der Waals surface area contributed by atoms with Crippen LogP contribution in [0, 0.1) is 5.92 Å². The van der Waals surface area contributed by atoms with E-state index in [-0.39, 0.29) is 11.5 Å². The Hall–Kier alpha value is -0.570.